The van der Waals surface area contributed by atoms with Gasteiger partial charge in [-0.05, 0) is 51.4 Å². The Kier molecular flexibility index (Phi) is 46.4. The Morgan fingerprint density at radius 3 is 1.21 bits per heavy atom. The van der Waals surface area contributed by atoms with Gasteiger partial charge < -0.3 is 14.2 Å². The summed E-state index contributed by atoms with van der Waals surface area (Å²) in [5, 5.41) is 0. The number of esters is 2. The molecule has 0 aromatic heterocycles. The molecule has 0 fully saturated rings. The zero-order valence-corrected chi connectivity index (χ0v) is 37.9. The first kappa shape index (κ1) is 54.4. The highest BCUT2D eigenvalue weighted by Gasteiger charge is 2.17. The van der Waals surface area contributed by atoms with Crippen molar-refractivity contribution in [3.05, 3.63) is 24.3 Å². The number of rotatable bonds is 46. The number of carbonyl (C=O) groups excluding carboxylic acids is 2. The van der Waals surface area contributed by atoms with Gasteiger partial charge in [0.25, 0.3) is 0 Å². The van der Waals surface area contributed by atoms with Crippen LogP contribution in [0.1, 0.15) is 265 Å². The Morgan fingerprint density at radius 2 is 0.750 bits per heavy atom. The third kappa shape index (κ3) is 45.1. The lowest BCUT2D eigenvalue weighted by molar-refractivity contribution is -0.163. The summed E-state index contributed by atoms with van der Waals surface area (Å²) in [6.45, 7) is 7.80. The minimum atomic E-state index is -0.527. The van der Waals surface area contributed by atoms with E-state index in [4.69, 9.17) is 14.2 Å². The smallest absolute Gasteiger partial charge is 0.306 e. The van der Waals surface area contributed by atoms with Crippen molar-refractivity contribution in [2.75, 3.05) is 19.8 Å². The van der Waals surface area contributed by atoms with Crippen LogP contribution in [-0.2, 0) is 23.8 Å². The molecule has 0 spiro atoms. The number of carbonyl (C=O) groups is 2. The maximum atomic E-state index is 12.7. The molecule has 0 aliphatic carbocycles. The lowest BCUT2D eigenvalue weighted by atomic mass is 10.0. The second kappa shape index (κ2) is 47.8. The maximum absolute atomic E-state index is 12.7. The average Bonchev–Trinajstić information content (AvgIpc) is 3.20. The third-order valence-electron chi connectivity index (χ3n) is 11.0. The van der Waals surface area contributed by atoms with Gasteiger partial charge >= 0.3 is 11.9 Å². The van der Waals surface area contributed by atoms with Crippen molar-refractivity contribution in [2.45, 2.75) is 271 Å². The van der Waals surface area contributed by atoms with E-state index in [-0.39, 0.29) is 18.5 Å². The minimum Gasteiger partial charge on any atom is -0.462 e. The molecule has 0 bridgehead atoms. The predicted octanol–water partition coefficient (Wildman–Crippen LogP) is 16.5. The third-order valence-corrected chi connectivity index (χ3v) is 11.0. The fraction of sp³-hybridized carbons (Fsp3) is 0.882. The highest BCUT2D eigenvalue weighted by atomic mass is 16.6. The summed E-state index contributed by atoms with van der Waals surface area (Å²) in [7, 11) is 0. The van der Waals surface area contributed by atoms with E-state index in [1.807, 2.05) is 0 Å². The molecule has 56 heavy (non-hydrogen) atoms. The largest absolute Gasteiger partial charge is 0.462 e. The maximum Gasteiger partial charge on any atom is 0.306 e. The number of allylic oxidation sites excluding steroid dienone is 4. The zero-order valence-electron chi connectivity index (χ0n) is 37.9. The molecular formula is C51H96O5. The van der Waals surface area contributed by atoms with Gasteiger partial charge in [-0.2, -0.15) is 0 Å². The standard InChI is InChI=1S/C51H96O5/c1-4-7-10-13-16-18-20-22-24-25-26-27-29-30-32-34-36-38-41-44-50(52)55-48-49(47-54-46-43-40-15-12-9-6-3)56-51(53)45-42-39-37-35-33-31-28-23-21-19-17-14-11-8-5-2/h16,18,22,24,49H,4-15,17,19-21,23,25-48H2,1-3H3/b18-16-,24-22-. The van der Waals surface area contributed by atoms with Crippen molar-refractivity contribution in [3.8, 4) is 0 Å². The summed E-state index contributed by atoms with van der Waals surface area (Å²) in [5.74, 6) is -0.390. The number of unbranched alkanes of at least 4 members (excludes halogenated alkanes) is 31. The first-order valence-electron chi connectivity index (χ1n) is 24.9. The topological polar surface area (TPSA) is 61.8 Å². The molecule has 0 aliphatic rings. The Labute approximate surface area is 349 Å². The number of hydrogen-bond donors (Lipinski definition) is 0. The van der Waals surface area contributed by atoms with Crippen molar-refractivity contribution >= 4 is 11.9 Å². The van der Waals surface area contributed by atoms with Crippen LogP contribution in [0.25, 0.3) is 0 Å². The van der Waals surface area contributed by atoms with Crippen LogP contribution in [0.4, 0.5) is 0 Å². The molecule has 0 amide bonds. The van der Waals surface area contributed by atoms with Gasteiger partial charge in [-0.3, -0.25) is 9.59 Å². The second-order valence-corrected chi connectivity index (χ2v) is 16.7. The number of ether oxygens (including phenoxy) is 3. The Bertz CT molecular complexity index is 851. The molecular weight excluding hydrogens is 693 g/mol. The molecule has 0 rings (SSSR count). The van der Waals surface area contributed by atoms with Gasteiger partial charge in [-0.15, -0.1) is 0 Å². The highest BCUT2D eigenvalue weighted by molar-refractivity contribution is 5.70. The Morgan fingerprint density at radius 1 is 0.393 bits per heavy atom. The van der Waals surface area contributed by atoms with Gasteiger partial charge in [-0.25, -0.2) is 0 Å². The fourth-order valence-electron chi connectivity index (χ4n) is 7.25. The van der Waals surface area contributed by atoms with Crippen LogP contribution in [0.5, 0.6) is 0 Å². The molecule has 5 heteroatoms. The molecule has 330 valence electrons. The van der Waals surface area contributed by atoms with Gasteiger partial charge in [0.15, 0.2) is 6.10 Å². The van der Waals surface area contributed by atoms with E-state index in [0.29, 0.717) is 26.1 Å². The molecule has 0 aliphatic heterocycles. The van der Waals surface area contributed by atoms with Gasteiger partial charge in [-0.1, -0.05) is 225 Å². The molecule has 1 unspecified atom stereocenters. The van der Waals surface area contributed by atoms with Gasteiger partial charge in [0.2, 0.25) is 0 Å². The normalized spacial score (nSPS) is 12.3. The first-order valence-corrected chi connectivity index (χ1v) is 24.9. The first-order chi connectivity index (χ1) is 27.6. The van der Waals surface area contributed by atoms with E-state index < -0.39 is 6.10 Å². The molecule has 0 aromatic rings. The summed E-state index contributed by atoms with van der Waals surface area (Å²) < 4.78 is 17.3. The Balaban J connectivity index is 4.04. The average molecular weight is 789 g/mol. The van der Waals surface area contributed by atoms with Crippen molar-refractivity contribution < 1.29 is 23.8 Å². The summed E-state index contributed by atoms with van der Waals surface area (Å²) in [5.41, 5.74) is 0. The summed E-state index contributed by atoms with van der Waals surface area (Å²) in [4.78, 5) is 25.2. The quantitative estimate of drug-likeness (QED) is 0.0349. The molecule has 0 N–H and O–H groups in total. The van der Waals surface area contributed by atoms with Crippen LogP contribution < -0.4 is 0 Å². The SMILES string of the molecule is CCCCC/C=C\C/C=C\CCCCCCCCCCCC(=O)OCC(COCCCCCCCC)OC(=O)CCCCCCCCCCCCCCCCC. The van der Waals surface area contributed by atoms with Crippen molar-refractivity contribution in [3.63, 3.8) is 0 Å². The summed E-state index contributed by atoms with van der Waals surface area (Å²) in [6.07, 6.45) is 54.7. The van der Waals surface area contributed by atoms with E-state index in [1.165, 1.54) is 186 Å². The van der Waals surface area contributed by atoms with Crippen molar-refractivity contribution in [2.24, 2.45) is 0 Å². The summed E-state index contributed by atoms with van der Waals surface area (Å²) >= 11 is 0. The molecule has 5 nitrogen and oxygen atoms in total. The van der Waals surface area contributed by atoms with E-state index in [0.717, 1.165) is 44.9 Å². The predicted molar refractivity (Wildman–Crippen MR) is 242 cm³/mol. The number of hydrogen-bond acceptors (Lipinski definition) is 5. The summed E-state index contributed by atoms with van der Waals surface area (Å²) in [6, 6.07) is 0. The van der Waals surface area contributed by atoms with E-state index in [2.05, 4.69) is 45.1 Å². The minimum absolute atomic E-state index is 0.0892. The van der Waals surface area contributed by atoms with Crippen molar-refractivity contribution in [1.82, 2.24) is 0 Å². The zero-order chi connectivity index (χ0) is 40.7. The van der Waals surface area contributed by atoms with Gasteiger partial charge in [0, 0.05) is 19.4 Å². The molecule has 0 saturated heterocycles. The second-order valence-electron chi connectivity index (χ2n) is 16.7. The molecule has 1 atom stereocenters. The Hall–Kier alpha value is -1.62. The lowest BCUT2D eigenvalue weighted by Gasteiger charge is -2.18. The molecule has 0 aromatic carbocycles. The molecule has 0 heterocycles. The van der Waals surface area contributed by atoms with Crippen LogP contribution in [0.2, 0.25) is 0 Å². The van der Waals surface area contributed by atoms with Crippen LogP contribution in [0, 0.1) is 0 Å². The highest BCUT2D eigenvalue weighted by Crippen LogP contribution is 2.15. The van der Waals surface area contributed by atoms with Crippen molar-refractivity contribution in [1.29, 1.82) is 0 Å². The van der Waals surface area contributed by atoms with Crippen LogP contribution in [0.15, 0.2) is 24.3 Å². The van der Waals surface area contributed by atoms with Crippen LogP contribution >= 0.6 is 0 Å². The molecule has 0 saturated carbocycles. The van der Waals surface area contributed by atoms with Crippen LogP contribution in [0.3, 0.4) is 0 Å². The fourth-order valence-corrected chi connectivity index (χ4v) is 7.25. The van der Waals surface area contributed by atoms with Gasteiger partial charge in [0.1, 0.15) is 6.61 Å². The molecule has 0 radical (unpaired) electrons. The van der Waals surface area contributed by atoms with E-state index in [1.54, 1.807) is 0 Å². The van der Waals surface area contributed by atoms with E-state index >= 15 is 0 Å². The van der Waals surface area contributed by atoms with Gasteiger partial charge in [0.05, 0.1) is 6.61 Å². The van der Waals surface area contributed by atoms with Crippen LogP contribution in [-0.4, -0.2) is 37.9 Å². The van der Waals surface area contributed by atoms with E-state index in [9.17, 15) is 9.59 Å². The lowest BCUT2D eigenvalue weighted by Crippen LogP contribution is -2.30. The monoisotopic (exact) mass is 789 g/mol.